The van der Waals surface area contributed by atoms with Gasteiger partial charge in [-0.2, -0.15) is 0 Å². The minimum atomic E-state index is 0.286. The predicted molar refractivity (Wildman–Crippen MR) is 86.0 cm³/mol. The van der Waals surface area contributed by atoms with E-state index in [0.717, 1.165) is 27.8 Å². The minimum Gasteiger partial charge on any atom is -0.496 e. The van der Waals surface area contributed by atoms with Gasteiger partial charge >= 0.3 is 0 Å². The Labute approximate surface area is 122 Å². The third-order valence-corrected chi connectivity index (χ3v) is 6.26. The third kappa shape index (κ3) is 2.55. The van der Waals surface area contributed by atoms with Crippen LogP contribution in [0.4, 0.5) is 0 Å². The Hall–Kier alpha value is -1.48. The van der Waals surface area contributed by atoms with Gasteiger partial charge in [-0.15, -0.1) is 0 Å². The normalized spacial score (nSPS) is 15.7. The molecule has 1 aliphatic rings. The van der Waals surface area contributed by atoms with Gasteiger partial charge in [0.1, 0.15) is 17.3 Å². The molecule has 3 heteroatoms. The zero-order valence-electron chi connectivity index (χ0n) is 11.7. The maximum absolute atomic E-state index is 12.6. The Balaban J connectivity index is 1.96. The first-order valence-corrected chi connectivity index (χ1v) is 8.76. The van der Waals surface area contributed by atoms with Gasteiger partial charge < -0.3 is 4.74 Å². The Kier molecular flexibility index (Phi) is 3.97. The largest absolute Gasteiger partial charge is 0.496 e. The highest BCUT2D eigenvalue weighted by Gasteiger charge is 2.28. The smallest absolute Gasteiger partial charge is 0.212 e. The SMILES string of the molecule is COc1ccc(C(=O)C[S+]2CCCC2)c2ccccc12. The monoisotopic (exact) mass is 287 g/mol. The summed E-state index contributed by atoms with van der Waals surface area (Å²) in [6.07, 6.45) is 2.58. The standard InChI is InChI=1S/C17H19O2S/c1-19-17-9-8-14(13-6-2-3-7-15(13)17)16(18)12-20-10-4-5-11-20/h2-3,6-9H,4-5,10-12H2,1H3/q+1. The summed E-state index contributed by atoms with van der Waals surface area (Å²) in [5.74, 6) is 4.31. The molecule has 0 amide bonds. The second-order valence-corrected chi connectivity index (χ2v) is 7.49. The average molecular weight is 287 g/mol. The molecule has 0 bridgehead atoms. The molecule has 2 nitrogen and oxygen atoms in total. The first-order chi connectivity index (χ1) is 9.79. The predicted octanol–water partition coefficient (Wildman–Crippen LogP) is 3.44. The molecule has 104 valence electrons. The Morgan fingerprint density at radius 1 is 1.10 bits per heavy atom. The number of carbonyl (C=O) groups is 1. The number of hydrogen-bond donors (Lipinski definition) is 0. The van der Waals surface area contributed by atoms with Gasteiger partial charge in [-0.25, -0.2) is 0 Å². The molecule has 0 atom stereocenters. The molecule has 1 saturated heterocycles. The molecule has 0 aromatic heterocycles. The van der Waals surface area contributed by atoms with Crippen molar-refractivity contribution in [2.75, 3.05) is 24.4 Å². The fraction of sp³-hybridized carbons (Fsp3) is 0.353. The lowest BCUT2D eigenvalue weighted by Crippen LogP contribution is -2.18. The van der Waals surface area contributed by atoms with Crippen LogP contribution in [-0.2, 0) is 10.9 Å². The molecular weight excluding hydrogens is 268 g/mol. The third-order valence-electron chi connectivity index (χ3n) is 3.86. The van der Waals surface area contributed by atoms with Crippen molar-refractivity contribution in [1.29, 1.82) is 0 Å². The summed E-state index contributed by atoms with van der Waals surface area (Å²) in [5, 5.41) is 2.04. The molecule has 0 unspecified atom stereocenters. The summed E-state index contributed by atoms with van der Waals surface area (Å²) in [6.45, 7) is 0. The van der Waals surface area contributed by atoms with Gasteiger partial charge in [0.2, 0.25) is 5.78 Å². The van der Waals surface area contributed by atoms with Crippen LogP contribution in [0, 0.1) is 0 Å². The number of methoxy groups -OCH3 is 1. The van der Waals surface area contributed by atoms with Crippen LogP contribution in [0.2, 0.25) is 0 Å². The molecule has 1 fully saturated rings. The first kappa shape index (κ1) is 13.5. The molecule has 3 rings (SSSR count). The van der Waals surface area contributed by atoms with Crippen LogP contribution in [-0.4, -0.2) is 30.2 Å². The fourth-order valence-electron chi connectivity index (χ4n) is 2.81. The van der Waals surface area contributed by atoms with Crippen molar-refractivity contribution in [2.45, 2.75) is 12.8 Å². The molecule has 2 aromatic rings. The van der Waals surface area contributed by atoms with Gasteiger partial charge in [-0.1, -0.05) is 24.3 Å². The van der Waals surface area contributed by atoms with Crippen LogP contribution in [0.1, 0.15) is 23.2 Å². The molecule has 0 radical (unpaired) electrons. The number of ketones is 1. The van der Waals surface area contributed by atoms with E-state index < -0.39 is 0 Å². The Bertz CT molecular complexity index is 630. The van der Waals surface area contributed by atoms with Crippen LogP contribution in [0.25, 0.3) is 10.8 Å². The van der Waals surface area contributed by atoms with Crippen molar-refractivity contribution >= 4 is 27.5 Å². The van der Waals surface area contributed by atoms with E-state index in [1.54, 1.807) is 7.11 Å². The van der Waals surface area contributed by atoms with Crippen molar-refractivity contribution in [1.82, 2.24) is 0 Å². The van der Waals surface area contributed by atoms with Gasteiger partial charge in [0.25, 0.3) is 0 Å². The lowest BCUT2D eigenvalue weighted by Gasteiger charge is -2.09. The van der Waals surface area contributed by atoms with Crippen LogP contribution < -0.4 is 4.74 Å². The summed E-state index contributed by atoms with van der Waals surface area (Å²) in [6, 6.07) is 11.8. The van der Waals surface area contributed by atoms with E-state index in [1.165, 1.54) is 24.3 Å². The molecule has 2 aromatic carbocycles. The van der Waals surface area contributed by atoms with Crippen LogP contribution in [0.3, 0.4) is 0 Å². The zero-order chi connectivity index (χ0) is 13.9. The lowest BCUT2D eigenvalue weighted by molar-refractivity contribution is 0.102. The maximum atomic E-state index is 12.6. The highest BCUT2D eigenvalue weighted by molar-refractivity contribution is 7.97. The molecule has 0 spiro atoms. The number of hydrogen-bond acceptors (Lipinski definition) is 2. The van der Waals surface area contributed by atoms with Crippen molar-refractivity contribution in [3.8, 4) is 5.75 Å². The maximum Gasteiger partial charge on any atom is 0.212 e. The number of ether oxygens (including phenoxy) is 1. The molecule has 1 heterocycles. The van der Waals surface area contributed by atoms with E-state index in [9.17, 15) is 4.79 Å². The highest BCUT2D eigenvalue weighted by atomic mass is 32.2. The first-order valence-electron chi connectivity index (χ1n) is 7.02. The quantitative estimate of drug-likeness (QED) is 0.636. The number of Topliss-reactive ketones (excluding diaryl/α,β-unsaturated/α-hetero) is 1. The average Bonchev–Trinajstić information content (AvgIpc) is 2.99. The summed E-state index contributed by atoms with van der Waals surface area (Å²) < 4.78 is 5.39. The topological polar surface area (TPSA) is 26.3 Å². The second-order valence-electron chi connectivity index (χ2n) is 5.16. The van der Waals surface area contributed by atoms with Gasteiger partial charge in [-0.3, -0.25) is 4.79 Å². The lowest BCUT2D eigenvalue weighted by atomic mass is 10.0. The molecule has 0 aliphatic carbocycles. The van der Waals surface area contributed by atoms with Crippen LogP contribution >= 0.6 is 0 Å². The van der Waals surface area contributed by atoms with Crippen molar-refractivity contribution < 1.29 is 9.53 Å². The summed E-state index contributed by atoms with van der Waals surface area (Å²) in [4.78, 5) is 12.6. The van der Waals surface area contributed by atoms with Gasteiger partial charge in [-0.05, 0) is 41.3 Å². The molecule has 1 aliphatic heterocycles. The highest BCUT2D eigenvalue weighted by Crippen LogP contribution is 2.29. The zero-order valence-corrected chi connectivity index (χ0v) is 12.5. The Morgan fingerprint density at radius 3 is 2.50 bits per heavy atom. The molecule has 20 heavy (non-hydrogen) atoms. The number of rotatable bonds is 4. The minimum absolute atomic E-state index is 0.286. The van der Waals surface area contributed by atoms with Gasteiger partial charge in [0.05, 0.1) is 7.11 Å². The van der Waals surface area contributed by atoms with E-state index in [-0.39, 0.29) is 5.78 Å². The number of carbonyl (C=O) groups excluding carboxylic acids is 1. The van der Waals surface area contributed by atoms with E-state index in [0.29, 0.717) is 10.9 Å². The molecular formula is C17H19O2S+. The summed E-state index contributed by atoms with van der Waals surface area (Å²) in [5.41, 5.74) is 0.848. The number of fused-ring (bicyclic) bond motifs is 1. The summed E-state index contributed by atoms with van der Waals surface area (Å²) >= 11 is 0. The van der Waals surface area contributed by atoms with Crippen molar-refractivity contribution in [2.24, 2.45) is 0 Å². The Morgan fingerprint density at radius 2 is 1.80 bits per heavy atom. The van der Waals surface area contributed by atoms with Gasteiger partial charge in [0.15, 0.2) is 5.75 Å². The van der Waals surface area contributed by atoms with E-state index >= 15 is 0 Å². The van der Waals surface area contributed by atoms with Crippen LogP contribution in [0.5, 0.6) is 5.75 Å². The van der Waals surface area contributed by atoms with Crippen molar-refractivity contribution in [3.05, 3.63) is 42.0 Å². The molecule has 0 saturated carbocycles. The van der Waals surface area contributed by atoms with E-state index in [2.05, 4.69) is 0 Å². The van der Waals surface area contributed by atoms with Crippen LogP contribution in [0.15, 0.2) is 36.4 Å². The van der Waals surface area contributed by atoms with E-state index in [4.69, 9.17) is 4.74 Å². The van der Waals surface area contributed by atoms with Crippen molar-refractivity contribution in [3.63, 3.8) is 0 Å². The molecule has 0 N–H and O–H groups in total. The fourth-order valence-corrected chi connectivity index (χ4v) is 5.06. The second kappa shape index (κ2) is 5.88. The van der Waals surface area contributed by atoms with E-state index in [1.807, 2.05) is 36.4 Å². The van der Waals surface area contributed by atoms with Gasteiger partial charge in [0, 0.05) is 10.9 Å². The number of benzene rings is 2. The summed E-state index contributed by atoms with van der Waals surface area (Å²) in [7, 11) is 1.98.